The average molecular weight is 246 g/mol. The van der Waals surface area contributed by atoms with E-state index in [0.717, 1.165) is 31.4 Å². The lowest BCUT2D eigenvalue weighted by molar-refractivity contribution is -0.119. The Morgan fingerprint density at radius 3 is 2.89 bits per heavy atom. The van der Waals surface area contributed by atoms with Crippen molar-refractivity contribution in [2.45, 2.75) is 58.0 Å². The van der Waals surface area contributed by atoms with Crippen LogP contribution in [-0.4, -0.2) is 11.9 Å². The lowest BCUT2D eigenvalue weighted by atomic mass is 9.91. The van der Waals surface area contributed by atoms with Crippen LogP contribution in [0.15, 0.2) is 24.3 Å². The molecular weight excluding hydrogens is 224 g/mol. The molecule has 0 heterocycles. The van der Waals surface area contributed by atoms with E-state index in [0.29, 0.717) is 18.1 Å². The van der Waals surface area contributed by atoms with Crippen LogP contribution in [0.25, 0.3) is 0 Å². The Bertz CT molecular complexity index is 409. The molecule has 1 aromatic rings. The molecule has 0 aromatic heterocycles. The molecule has 0 aliphatic heterocycles. The van der Waals surface area contributed by atoms with Crippen molar-refractivity contribution in [3.8, 4) is 5.75 Å². The minimum absolute atomic E-state index is 0.191. The molecule has 0 saturated heterocycles. The summed E-state index contributed by atoms with van der Waals surface area (Å²) in [7, 11) is 0. The summed E-state index contributed by atoms with van der Waals surface area (Å²) in [5.74, 6) is 1.71. The van der Waals surface area contributed by atoms with Gasteiger partial charge in [0.05, 0.1) is 6.10 Å². The summed E-state index contributed by atoms with van der Waals surface area (Å²) in [6.07, 6.45) is 4.99. The largest absolute Gasteiger partial charge is 0.491 e. The SMILES string of the molecule is CC(C)Oc1cccc(C2CCCCC(=O)C2)c1. The van der Waals surface area contributed by atoms with E-state index in [-0.39, 0.29) is 6.10 Å². The van der Waals surface area contributed by atoms with Gasteiger partial charge in [-0.15, -0.1) is 0 Å². The van der Waals surface area contributed by atoms with E-state index in [1.54, 1.807) is 0 Å². The zero-order chi connectivity index (χ0) is 13.0. The fraction of sp³-hybridized carbons (Fsp3) is 0.562. The van der Waals surface area contributed by atoms with Crippen molar-refractivity contribution >= 4 is 5.78 Å². The van der Waals surface area contributed by atoms with Crippen LogP contribution >= 0.6 is 0 Å². The van der Waals surface area contributed by atoms with E-state index in [1.165, 1.54) is 5.56 Å². The summed E-state index contributed by atoms with van der Waals surface area (Å²) >= 11 is 0. The average Bonchev–Trinajstić information content (AvgIpc) is 2.53. The molecular formula is C16H22O2. The summed E-state index contributed by atoms with van der Waals surface area (Å²) in [6.45, 7) is 4.06. The second-order valence-corrected chi connectivity index (χ2v) is 5.42. The van der Waals surface area contributed by atoms with Gasteiger partial charge in [0, 0.05) is 12.8 Å². The van der Waals surface area contributed by atoms with Crippen LogP contribution in [0, 0.1) is 0 Å². The minimum Gasteiger partial charge on any atom is -0.491 e. The third kappa shape index (κ3) is 3.59. The van der Waals surface area contributed by atoms with Gasteiger partial charge in [0.25, 0.3) is 0 Å². The number of hydrogen-bond donors (Lipinski definition) is 0. The molecule has 1 fully saturated rings. The van der Waals surface area contributed by atoms with E-state index < -0.39 is 0 Å². The Labute approximate surface area is 109 Å². The smallest absolute Gasteiger partial charge is 0.133 e. The predicted octanol–water partition coefficient (Wildman–Crippen LogP) is 4.09. The maximum absolute atomic E-state index is 11.7. The first-order valence-electron chi connectivity index (χ1n) is 6.93. The number of ether oxygens (including phenoxy) is 1. The van der Waals surface area contributed by atoms with Gasteiger partial charge in [-0.1, -0.05) is 18.6 Å². The zero-order valence-corrected chi connectivity index (χ0v) is 11.3. The van der Waals surface area contributed by atoms with Crippen molar-refractivity contribution in [2.24, 2.45) is 0 Å². The molecule has 0 bridgehead atoms. The number of benzene rings is 1. The van der Waals surface area contributed by atoms with Crippen molar-refractivity contribution in [1.82, 2.24) is 0 Å². The van der Waals surface area contributed by atoms with Crippen LogP contribution in [0.5, 0.6) is 5.75 Å². The highest BCUT2D eigenvalue weighted by molar-refractivity contribution is 5.79. The van der Waals surface area contributed by atoms with Crippen molar-refractivity contribution in [1.29, 1.82) is 0 Å². The second-order valence-electron chi connectivity index (χ2n) is 5.42. The highest BCUT2D eigenvalue weighted by Gasteiger charge is 2.19. The van der Waals surface area contributed by atoms with Gasteiger partial charge in [0.2, 0.25) is 0 Å². The molecule has 98 valence electrons. The third-order valence-electron chi connectivity index (χ3n) is 3.43. The minimum atomic E-state index is 0.191. The van der Waals surface area contributed by atoms with Gasteiger partial charge in [-0.2, -0.15) is 0 Å². The molecule has 1 unspecified atom stereocenters. The van der Waals surface area contributed by atoms with Crippen molar-refractivity contribution in [3.05, 3.63) is 29.8 Å². The fourth-order valence-electron chi connectivity index (χ4n) is 2.59. The molecule has 1 atom stereocenters. The zero-order valence-electron chi connectivity index (χ0n) is 11.3. The molecule has 0 radical (unpaired) electrons. The standard InChI is InChI=1S/C16H22O2/c1-12(2)18-16-9-5-7-14(11-16)13-6-3-4-8-15(17)10-13/h5,7,9,11-13H,3-4,6,8,10H2,1-2H3. The maximum Gasteiger partial charge on any atom is 0.133 e. The summed E-state index contributed by atoms with van der Waals surface area (Å²) in [4.78, 5) is 11.7. The Morgan fingerprint density at radius 2 is 2.11 bits per heavy atom. The van der Waals surface area contributed by atoms with E-state index in [1.807, 2.05) is 26.0 Å². The molecule has 2 rings (SSSR count). The van der Waals surface area contributed by atoms with E-state index in [2.05, 4.69) is 12.1 Å². The Kier molecular flexibility index (Phi) is 4.40. The summed E-state index contributed by atoms with van der Waals surface area (Å²) < 4.78 is 5.72. The Balaban J connectivity index is 2.13. The fourth-order valence-corrected chi connectivity index (χ4v) is 2.59. The molecule has 0 spiro atoms. The molecule has 1 saturated carbocycles. The number of carbonyl (C=O) groups is 1. The highest BCUT2D eigenvalue weighted by Crippen LogP contribution is 2.31. The number of Topliss-reactive ketones (excluding diaryl/α,β-unsaturated/α-hetero) is 1. The quantitative estimate of drug-likeness (QED) is 0.751. The van der Waals surface area contributed by atoms with Crippen LogP contribution in [0.2, 0.25) is 0 Å². The van der Waals surface area contributed by atoms with Gasteiger partial charge < -0.3 is 4.74 Å². The van der Waals surface area contributed by atoms with Crippen molar-refractivity contribution in [3.63, 3.8) is 0 Å². The first-order valence-corrected chi connectivity index (χ1v) is 6.93. The van der Waals surface area contributed by atoms with Gasteiger partial charge in [-0.25, -0.2) is 0 Å². The monoisotopic (exact) mass is 246 g/mol. The molecule has 0 amide bonds. The van der Waals surface area contributed by atoms with Gasteiger partial charge in [0.1, 0.15) is 11.5 Å². The van der Waals surface area contributed by atoms with E-state index >= 15 is 0 Å². The topological polar surface area (TPSA) is 26.3 Å². The first kappa shape index (κ1) is 13.1. The van der Waals surface area contributed by atoms with Crippen LogP contribution < -0.4 is 4.74 Å². The van der Waals surface area contributed by atoms with Crippen LogP contribution in [0.1, 0.15) is 57.4 Å². The molecule has 1 aliphatic carbocycles. The number of ketones is 1. The molecule has 18 heavy (non-hydrogen) atoms. The maximum atomic E-state index is 11.7. The Hall–Kier alpha value is -1.31. The normalized spacial score (nSPS) is 20.8. The van der Waals surface area contributed by atoms with Crippen molar-refractivity contribution < 1.29 is 9.53 Å². The number of hydrogen-bond acceptors (Lipinski definition) is 2. The van der Waals surface area contributed by atoms with Gasteiger partial charge >= 0.3 is 0 Å². The lowest BCUT2D eigenvalue weighted by Gasteiger charge is -2.16. The van der Waals surface area contributed by atoms with Crippen LogP contribution in [0.4, 0.5) is 0 Å². The van der Waals surface area contributed by atoms with Gasteiger partial charge in [0.15, 0.2) is 0 Å². The van der Waals surface area contributed by atoms with Crippen molar-refractivity contribution in [2.75, 3.05) is 0 Å². The predicted molar refractivity (Wildman–Crippen MR) is 73.0 cm³/mol. The molecule has 2 nitrogen and oxygen atoms in total. The van der Waals surface area contributed by atoms with E-state index in [9.17, 15) is 4.79 Å². The molecule has 0 N–H and O–H groups in total. The summed E-state index contributed by atoms with van der Waals surface area (Å²) in [6, 6.07) is 8.24. The molecule has 1 aromatic carbocycles. The number of carbonyl (C=O) groups excluding carboxylic acids is 1. The second kappa shape index (κ2) is 6.03. The first-order chi connectivity index (χ1) is 8.65. The van der Waals surface area contributed by atoms with Crippen LogP contribution in [-0.2, 0) is 4.79 Å². The van der Waals surface area contributed by atoms with Gasteiger partial charge in [-0.3, -0.25) is 4.79 Å². The molecule has 2 heteroatoms. The highest BCUT2D eigenvalue weighted by atomic mass is 16.5. The summed E-state index contributed by atoms with van der Waals surface area (Å²) in [5.41, 5.74) is 1.25. The third-order valence-corrected chi connectivity index (χ3v) is 3.43. The van der Waals surface area contributed by atoms with E-state index in [4.69, 9.17) is 4.74 Å². The Morgan fingerprint density at radius 1 is 1.28 bits per heavy atom. The van der Waals surface area contributed by atoms with Gasteiger partial charge in [-0.05, 0) is 50.3 Å². The summed E-state index contributed by atoms with van der Waals surface area (Å²) in [5, 5.41) is 0. The molecule has 1 aliphatic rings. The number of rotatable bonds is 3. The van der Waals surface area contributed by atoms with Crippen LogP contribution in [0.3, 0.4) is 0 Å². The lowest BCUT2D eigenvalue weighted by Crippen LogP contribution is -2.07.